The zero-order valence-electron chi connectivity index (χ0n) is 28.2. The summed E-state index contributed by atoms with van der Waals surface area (Å²) in [5.74, 6) is 1.01. The van der Waals surface area contributed by atoms with Gasteiger partial charge in [-0.25, -0.2) is 14.6 Å². The first-order valence-electron chi connectivity index (χ1n) is 16.9. The van der Waals surface area contributed by atoms with Gasteiger partial charge in [0.15, 0.2) is 0 Å². The molecule has 2 fully saturated rings. The van der Waals surface area contributed by atoms with Gasteiger partial charge in [-0.1, -0.05) is 6.07 Å². The number of alkyl halides is 3. The molecule has 15 nitrogen and oxygen atoms in total. The highest BCUT2D eigenvalue weighted by Gasteiger charge is 2.29. The summed E-state index contributed by atoms with van der Waals surface area (Å²) in [7, 11) is 0. The average Bonchev–Trinajstić information content (AvgIpc) is 3.80. The van der Waals surface area contributed by atoms with Gasteiger partial charge in [0.2, 0.25) is 5.95 Å². The number of benzene rings is 1. The third kappa shape index (κ3) is 10.1. The molecular weight excluding hydrogens is 671 g/mol. The number of hydrogen-bond donors (Lipinski definition) is 1. The van der Waals surface area contributed by atoms with Gasteiger partial charge in [0.05, 0.1) is 50.8 Å². The molecule has 0 radical (unpaired) electrons. The van der Waals surface area contributed by atoms with Gasteiger partial charge in [0.25, 0.3) is 5.88 Å². The van der Waals surface area contributed by atoms with Crippen molar-refractivity contribution < 1.29 is 32.1 Å². The monoisotopic (exact) mass is 711 g/mol. The molecule has 3 aromatic heterocycles. The van der Waals surface area contributed by atoms with E-state index in [0.717, 1.165) is 57.6 Å². The van der Waals surface area contributed by atoms with Crippen LogP contribution in [-0.4, -0.2) is 109 Å². The normalized spacial score (nSPS) is 19.0. The van der Waals surface area contributed by atoms with Gasteiger partial charge >= 0.3 is 6.18 Å². The van der Waals surface area contributed by atoms with Crippen molar-refractivity contribution in [2.75, 3.05) is 51.4 Å². The molecule has 272 valence electrons. The highest BCUT2D eigenvalue weighted by atomic mass is 19.4. The summed E-state index contributed by atoms with van der Waals surface area (Å²) in [5, 5.41) is 28.7. The largest absolute Gasteiger partial charge is 0.487 e. The van der Waals surface area contributed by atoms with Crippen LogP contribution in [0.3, 0.4) is 0 Å². The van der Waals surface area contributed by atoms with Crippen LogP contribution in [0.1, 0.15) is 50.6 Å². The van der Waals surface area contributed by atoms with Gasteiger partial charge in [-0.15, -0.1) is 10.2 Å². The lowest BCUT2D eigenvalue weighted by Gasteiger charge is -2.38. The quantitative estimate of drug-likeness (QED) is 0.171. The number of nitriles is 1. The third-order valence-corrected chi connectivity index (χ3v) is 8.74. The number of halogens is 3. The van der Waals surface area contributed by atoms with Crippen molar-refractivity contribution in [2.24, 2.45) is 0 Å². The van der Waals surface area contributed by atoms with Crippen LogP contribution in [0.4, 0.5) is 24.8 Å². The second-order valence-corrected chi connectivity index (χ2v) is 12.5. The first kappa shape index (κ1) is 35.9. The molecule has 0 unspecified atom stereocenters. The van der Waals surface area contributed by atoms with Crippen molar-refractivity contribution in [1.82, 2.24) is 44.9 Å². The maximum Gasteiger partial charge on any atom is 0.411 e. The summed E-state index contributed by atoms with van der Waals surface area (Å²) in [6.45, 7) is 4.42. The number of tetrazole rings is 1. The van der Waals surface area contributed by atoms with Gasteiger partial charge in [-0.05, 0) is 60.7 Å². The Hall–Kier alpha value is -4.86. The van der Waals surface area contributed by atoms with E-state index in [-0.39, 0.29) is 31.8 Å². The van der Waals surface area contributed by atoms with Crippen molar-refractivity contribution in [3.63, 3.8) is 0 Å². The molecule has 18 heteroatoms. The van der Waals surface area contributed by atoms with Crippen molar-refractivity contribution >= 4 is 11.6 Å². The van der Waals surface area contributed by atoms with Crippen molar-refractivity contribution in [1.29, 1.82) is 5.26 Å². The van der Waals surface area contributed by atoms with E-state index in [9.17, 15) is 18.4 Å². The van der Waals surface area contributed by atoms with Gasteiger partial charge < -0.3 is 24.3 Å². The lowest BCUT2D eigenvalue weighted by atomic mass is 9.90. The standard InChI is InChI=1S/C33H40F3N11O4/c1-23(19-46-22-40-43-44-46)51-30-15-24(3-4-25(30)16-37)26-17-38-32(39-18-26)41-29-20-47(42-31(29)50-12-2-11-49-21-33(34,35)36)28-7-5-27(6-8-28)45-9-13-48-14-10-45/h3-4,15,17-18,20,22-23,27-28H,2,5-14,19,21H2,1H3,(H,38,39,41)/t23-,27?,28?/m0/s1. The van der Waals surface area contributed by atoms with Crippen molar-refractivity contribution in [3.8, 4) is 28.8 Å². The van der Waals surface area contributed by atoms with Crippen LogP contribution in [0, 0.1) is 11.3 Å². The average molecular weight is 712 g/mol. The Morgan fingerprint density at radius 1 is 1.06 bits per heavy atom. The molecule has 4 heterocycles. The lowest BCUT2D eigenvalue weighted by molar-refractivity contribution is -0.174. The molecule has 1 saturated carbocycles. The molecule has 1 aliphatic heterocycles. The minimum atomic E-state index is -4.38. The second-order valence-electron chi connectivity index (χ2n) is 12.5. The highest BCUT2D eigenvalue weighted by molar-refractivity contribution is 5.67. The molecule has 1 N–H and O–H groups in total. The zero-order valence-corrected chi connectivity index (χ0v) is 28.2. The third-order valence-electron chi connectivity index (χ3n) is 8.74. The van der Waals surface area contributed by atoms with E-state index in [1.807, 2.05) is 17.8 Å². The van der Waals surface area contributed by atoms with E-state index < -0.39 is 12.8 Å². The number of nitrogens with one attached hydrogen (secondary N) is 1. The van der Waals surface area contributed by atoms with E-state index in [1.165, 1.54) is 6.33 Å². The number of ether oxygens (including phenoxy) is 4. The van der Waals surface area contributed by atoms with E-state index >= 15 is 0 Å². The molecule has 0 spiro atoms. The van der Waals surface area contributed by atoms with Crippen LogP contribution in [0.5, 0.6) is 11.6 Å². The Morgan fingerprint density at radius 2 is 1.82 bits per heavy atom. The fourth-order valence-corrected chi connectivity index (χ4v) is 6.24. The number of hydrogen-bond acceptors (Lipinski definition) is 13. The Kier molecular flexibility index (Phi) is 11.9. The maximum absolute atomic E-state index is 12.5. The summed E-state index contributed by atoms with van der Waals surface area (Å²) < 4.78 is 63.0. The van der Waals surface area contributed by atoms with Crippen LogP contribution in [0.25, 0.3) is 11.1 Å². The van der Waals surface area contributed by atoms with E-state index in [0.29, 0.717) is 47.0 Å². The molecule has 2 aliphatic rings. The minimum Gasteiger partial charge on any atom is -0.487 e. The summed E-state index contributed by atoms with van der Waals surface area (Å²) in [6.07, 6.45) is 6.22. The number of aromatic nitrogens is 8. The lowest BCUT2D eigenvalue weighted by Crippen LogP contribution is -2.45. The number of nitrogens with zero attached hydrogens (tertiary/aromatic N) is 10. The van der Waals surface area contributed by atoms with Crippen LogP contribution in [0.15, 0.2) is 43.1 Å². The predicted molar refractivity (Wildman–Crippen MR) is 176 cm³/mol. The second kappa shape index (κ2) is 16.9. The molecule has 1 aliphatic carbocycles. The topological polar surface area (TPSA) is 163 Å². The Morgan fingerprint density at radius 3 is 2.53 bits per heavy atom. The predicted octanol–water partition coefficient (Wildman–Crippen LogP) is 4.57. The minimum absolute atomic E-state index is 0.0978. The first-order valence-corrected chi connectivity index (χ1v) is 16.9. The van der Waals surface area contributed by atoms with Crippen molar-refractivity contribution in [2.45, 2.75) is 69.9 Å². The molecule has 51 heavy (non-hydrogen) atoms. The molecule has 0 bridgehead atoms. The van der Waals surface area contributed by atoms with Gasteiger partial charge in [0.1, 0.15) is 36.5 Å². The van der Waals surface area contributed by atoms with Crippen LogP contribution < -0.4 is 14.8 Å². The summed E-state index contributed by atoms with van der Waals surface area (Å²) in [4.78, 5) is 11.5. The van der Waals surface area contributed by atoms with E-state index in [4.69, 9.17) is 24.0 Å². The van der Waals surface area contributed by atoms with E-state index in [1.54, 1.807) is 35.3 Å². The molecule has 0 amide bonds. The summed E-state index contributed by atoms with van der Waals surface area (Å²) in [5.41, 5.74) is 2.38. The zero-order chi connectivity index (χ0) is 35.6. The summed E-state index contributed by atoms with van der Waals surface area (Å²) in [6, 6.07) is 8.10. The number of morpholine rings is 1. The van der Waals surface area contributed by atoms with Crippen molar-refractivity contribution in [3.05, 3.63) is 48.7 Å². The van der Waals surface area contributed by atoms with Crippen LogP contribution in [0.2, 0.25) is 0 Å². The van der Waals surface area contributed by atoms with Crippen LogP contribution in [-0.2, 0) is 16.0 Å². The molecule has 4 aromatic rings. The van der Waals surface area contributed by atoms with Gasteiger partial charge in [-0.2, -0.15) is 18.4 Å². The first-order chi connectivity index (χ1) is 24.7. The molecular formula is C33H40F3N11O4. The summed E-state index contributed by atoms with van der Waals surface area (Å²) >= 11 is 0. The Bertz CT molecular complexity index is 1720. The molecule has 1 atom stereocenters. The van der Waals surface area contributed by atoms with Gasteiger partial charge in [0, 0.05) is 43.5 Å². The Labute approximate surface area is 292 Å². The van der Waals surface area contributed by atoms with Crippen LogP contribution >= 0.6 is 0 Å². The molecule has 1 saturated heterocycles. The van der Waals surface area contributed by atoms with Gasteiger partial charge in [-0.3, -0.25) is 9.58 Å². The number of rotatable bonds is 15. The highest BCUT2D eigenvalue weighted by Crippen LogP contribution is 2.35. The SMILES string of the molecule is C[C@@H](Cn1cnnn1)Oc1cc(-c2cnc(Nc3cn(C4CCC(N5CCOCC5)CC4)nc3OCCCOCC(F)(F)F)nc2)ccc1C#N. The fourth-order valence-electron chi connectivity index (χ4n) is 6.24. The molecule has 1 aromatic carbocycles. The maximum atomic E-state index is 12.5. The number of anilines is 2. The fraction of sp³-hybridized carbons (Fsp3) is 0.545. The van der Waals surface area contributed by atoms with E-state index in [2.05, 4.69) is 41.8 Å². The molecule has 6 rings (SSSR count). The Balaban J connectivity index is 1.12. The smallest absolute Gasteiger partial charge is 0.411 e.